The van der Waals surface area contributed by atoms with E-state index in [0.717, 1.165) is 18.4 Å². The highest BCUT2D eigenvalue weighted by Crippen LogP contribution is 1.98. The molecular formula is C11H23BrO4. The highest BCUT2D eigenvalue weighted by atomic mass is 79.9. The van der Waals surface area contributed by atoms with Crippen molar-refractivity contribution in [3.8, 4) is 0 Å². The second-order valence-corrected chi connectivity index (χ2v) is 4.10. The Morgan fingerprint density at radius 1 is 0.688 bits per heavy atom. The van der Waals surface area contributed by atoms with Crippen LogP contribution in [0.1, 0.15) is 19.3 Å². The van der Waals surface area contributed by atoms with Crippen molar-refractivity contribution in [2.75, 3.05) is 51.6 Å². The van der Waals surface area contributed by atoms with Gasteiger partial charge < -0.3 is 19.3 Å². The number of unbranched alkanes of at least 4 members (excludes halogenated alkanes) is 2. The predicted molar refractivity (Wildman–Crippen MR) is 67.2 cm³/mol. The Bertz CT molecular complexity index is 111. The number of aliphatic hydroxyl groups is 1. The quantitative estimate of drug-likeness (QED) is 0.414. The summed E-state index contributed by atoms with van der Waals surface area (Å²) in [6.07, 6.45) is 3.54. The maximum atomic E-state index is 8.44. The first kappa shape index (κ1) is 16.3. The Labute approximate surface area is 106 Å². The van der Waals surface area contributed by atoms with Crippen LogP contribution in [0.25, 0.3) is 0 Å². The molecule has 0 saturated heterocycles. The van der Waals surface area contributed by atoms with E-state index in [1.54, 1.807) is 0 Å². The van der Waals surface area contributed by atoms with Gasteiger partial charge in [0.2, 0.25) is 0 Å². The summed E-state index contributed by atoms with van der Waals surface area (Å²) in [5.74, 6) is 0. The Kier molecular flexibility index (Phi) is 15.6. The van der Waals surface area contributed by atoms with Gasteiger partial charge >= 0.3 is 0 Å². The van der Waals surface area contributed by atoms with Gasteiger partial charge in [-0.05, 0) is 12.8 Å². The van der Waals surface area contributed by atoms with Crippen LogP contribution in [0.3, 0.4) is 0 Å². The van der Waals surface area contributed by atoms with E-state index >= 15 is 0 Å². The third kappa shape index (κ3) is 14.3. The van der Waals surface area contributed by atoms with Crippen molar-refractivity contribution in [1.82, 2.24) is 0 Å². The summed E-state index contributed by atoms with van der Waals surface area (Å²) in [6, 6.07) is 0. The number of hydrogen-bond donors (Lipinski definition) is 1. The first-order valence-corrected chi connectivity index (χ1v) is 6.94. The second kappa shape index (κ2) is 15.3. The lowest BCUT2D eigenvalue weighted by molar-refractivity contribution is 0.00724. The molecule has 0 aliphatic carbocycles. The van der Waals surface area contributed by atoms with E-state index in [1.165, 1.54) is 12.8 Å². The standard InChI is InChI=1S/C11H23BrO4/c12-4-2-1-3-6-14-8-10-16-11-9-15-7-5-13/h13H,1-11H2. The Balaban J connectivity index is 2.83. The van der Waals surface area contributed by atoms with Crippen LogP contribution in [0.2, 0.25) is 0 Å². The molecule has 0 bridgehead atoms. The van der Waals surface area contributed by atoms with Crippen molar-refractivity contribution < 1.29 is 19.3 Å². The molecule has 0 aliphatic rings. The van der Waals surface area contributed by atoms with Crippen molar-refractivity contribution in [2.24, 2.45) is 0 Å². The lowest BCUT2D eigenvalue weighted by atomic mass is 10.3. The summed E-state index contributed by atoms with van der Waals surface area (Å²) in [5, 5.41) is 9.51. The molecule has 0 saturated carbocycles. The van der Waals surface area contributed by atoms with E-state index < -0.39 is 0 Å². The van der Waals surface area contributed by atoms with Gasteiger partial charge in [-0.2, -0.15) is 0 Å². The highest BCUT2D eigenvalue weighted by Gasteiger charge is 1.91. The minimum absolute atomic E-state index is 0.0670. The van der Waals surface area contributed by atoms with Crippen molar-refractivity contribution in [1.29, 1.82) is 0 Å². The summed E-state index contributed by atoms with van der Waals surface area (Å²) in [6.45, 7) is 3.62. The number of alkyl halides is 1. The first-order valence-electron chi connectivity index (χ1n) is 5.82. The van der Waals surface area contributed by atoms with E-state index in [4.69, 9.17) is 19.3 Å². The molecule has 0 atom stereocenters. The molecule has 5 heteroatoms. The molecule has 0 aromatic rings. The minimum atomic E-state index is 0.0670. The van der Waals surface area contributed by atoms with Gasteiger partial charge in [0, 0.05) is 11.9 Å². The number of halogens is 1. The van der Waals surface area contributed by atoms with E-state index in [-0.39, 0.29) is 6.61 Å². The average molecular weight is 299 g/mol. The molecule has 0 amide bonds. The van der Waals surface area contributed by atoms with Crippen LogP contribution in [0, 0.1) is 0 Å². The molecular weight excluding hydrogens is 276 g/mol. The van der Waals surface area contributed by atoms with E-state index in [0.29, 0.717) is 33.0 Å². The Morgan fingerprint density at radius 2 is 1.25 bits per heavy atom. The van der Waals surface area contributed by atoms with Gasteiger partial charge in [-0.25, -0.2) is 0 Å². The highest BCUT2D eigenvalue weighted by molar-refractivity contribution is 9.09. The van der Waals surface area contributed by atoms with Crippen molar-refractivity contribution in [3.63, 3.8) is 0 Å². The predicted octanol–water partition coefficient (Wildman–Crippen LogP) is 1.59. The topological polar surface area (TPSA) is 47.9 Å². The van der Waals surface area contributed by atoms with Crippen LogP contribution in [0.15, 0.2) is 0 Å². The number of aliphatic hydroxyl groups excluding tert-OH is 1. The van der Waals surface area contributed by atoms with E-state index in [2.05, 4.69) is 15.9 Å². The van der Waals surface area contributed by atoms with Crippen LogP contribution in [0.5, 0.6) is 0 Å². The van der Waals surface area contributed by atoms with Crippen LogP contribution in [0.4, 0.5) is 0 Å². The lowest BCUT2D eigenvalue weighted by Gasteiger charge is -2.06. The summed E-state index contributed by atoms with van der Waals surface area (Å²) >= 11 is 3.39. The zero-order chi connectivity index (χ0) is 11.9. The molecule has 1 N–H and O–H groups in total. The Morgan fingerprint density at radius 3 is 1.81 bits per heavy atom. The van der Waals surface area contributed by atoms with Gasteiger partial charge in [-0.1, -0.05) is 22.4 Å². The largest absolute Gasteiger partial charge is 0.394 e. The summed E-state index contributed by atoms with van der Waals surface area (Å²) in [4.78, 5) is 0. The monoisotopic (exact) mass is 298 g/mol. The molecule has 98 valence electrons. The smallest absolute Gasteiger partial charge is 0.0701 e. The average Bonchev–Trinajstić information content (AvgIpc) is 2.31. The number of hydrogen-bond acceptors (Lipinski definition) is 4. The van der Waals surface area contributed by atoms with E-state index in [1.807, 2.05) is 0 Å². The second-order valence-electron chi connectivity index (χ2n) is 3.31. The molecule has 0 unspecified atom stereocenters. The minimum Gasteiger partial charge on any atom is -0.394 e. The van der Waals surface area contributed by atoms with Gasteiger partial charge in [-0.3, -0.25) is 0 Å². The third-order valence-corrected chi connectivity index (χ3v) is 2.46. The zero-order valence-electron chi connectivity index (χ0n) is 9.83. The molecule has 4 nitrogen and oxygen atoms in total. The van der Waals surface area contributed by atoms with Crippen LogP contribution < -0.4 is 0 Å². The molecule has 0 radical (unpaired) electrons. The van der Waals surface area contributed by atoms with Crippen molar-refractivity contribution in [3.05, 3.63) is 0 Å². The van der Waals surface area contributed by atoms with Crippen LogP contribution in [-0.2, 0) is 14.2 Å². The Hall–Kier alpha value is 0.320. The number of ether oxygens (including phenoxy) is 3. The molecule has 0 heterocycles. The van der Waals surface area contributed by atoms with E-state index in [9.17, 15) is 0 Å². The molecule has 0 spiro atoms. The first-order chi connectivity index (χ1) is 7.91. The zero-order valence-corrected chi connectivity index (χ0v) is 11.4. The molecule has 0 fully saturated rings. The summed E-state index contributed by atoms with van der Waals surface area (Å²) in [7, 11) is 0. The number of rotatable bonds is 13. The molecule has 16 heavy (non-hydrogen) atoms. The van der Waals surface area contributed by atoms with Crippen molar-refractivity contribution in [2.45, 2.75) is 19.3 Å². The fraction of sp³-hybridized carbons (Fsp3) is 1.00. The fourth-order valence-corrected chi connectivity index (χ4v) is 1.48. The fourth-order valence-electron chi connectivity index (χ4n) is 1.08. The summed E-state index contributed by atoms with van der Waals surface area (Å²) in [5.41, 5.74) is 0. The van der Waals surface area contributed by atoms with Crippen molar-refractivity contribution >= 4 is 15.9 Å². The molecule has 0 aliphatic heterocycles. The van der Waals surface area contributed by atoms with Crippen LogP contribution in [-0.4, -0.2) is 56.7 Å². The normalized spacial score (nSPS) is 10.9. The molecule has 0 aromatic carbocycles. The maximum Gasteiger partial charge on any atom is 0.0701 e. The molecule has 0 aromatic heterocycles. The van der Waals surface area contributed by atoms with Crippen LogP contribution >= 0.6 is 15.9 Å². The SMILES string of the molecule is OCCOCCOCCOCCCCCBr. The summed E-state index contributed by atoms with van der Waals surface area (Å²) < 4.78 is 15.7. The van der Waals surface area contributed by atoms with Gasteiger partial charge in [-0.15, -0.1) is 0 Å². The molecule has 0 rings (SSSR count). The lowest BCUT2D eigenvalue weighted by Crippen LogP contribution is -2.11. The third-order valence-electron chi connectivity index (χ3n) is 1.90. The van der Waals surface area contributed by atoms with Gasteiger partial charge in [0.05, 0.1) is 39.6 Å². The maximum absolute atomic E-state index is 8.44. The van der Waals surface area contributed by atoms with Gasteiger partial charge in [0.25, 0.3) is 0 Å². The van der Waals surface area contributed by atoms with Gasteiger partial charge in [0.1, 0.15) is 0 Å². The van der Waals surface area contributed by atoms with Gasteiger partial charge in [0.15, 0.2) is 0 Å².